The van der Waals surface area contributed by atoms with Crippen LogP contribution in [0.1, 0.15) is 17.4 Å². The average molecular weight is 236 g/mol. The Balaban J connectivity index is 2.46. The molecule has 0 aliphatic carbocycles. The van der Waals surface area contributed by atoms with Crippen LogP contribution in [0.4, 0.5) is 4.39 Å². The number of aromatic amines is 1. The summed E-state index contributed by atoms with van der Waals surface area (Å²) in [6.07, 6.45) is 1.41. The molecule has 1 unspecified atom stereocenters. The minimum atomic E-state index is -0.319. The van der Waals surface area contributed by atoms with Gasteiger partial charge in [0, 0.05) is 5.56 Å². The summed E-state index contributed by atoms with van der Waals surface area (Å²) in [6.45, 7) is 0. The van der Waals surface area contributed by atoms with Crippen LogP contribution in [0.25, 0.3) is 0 Å². The van der Waals surface area contributed by atoms with Crippen molar-refractivity contribution in [2.75, 3.05) is 14.2 Å². The van der Waals surface area contributed by atoms with Crippen molar-refractivity contribution in [1.82, 2.24) is 20.5 Å². The first-order valence-corrected chi connectivity index (χ1v) is 5.12. The molecular weight excluding hydrogens is 223 g/mol. The third kappa shape index (κ3) is 2.26. The van der Waals surface area contributed by atoms with Gasteiger partial charge >= 0.3 is 0 Å². The normalized spacial score (nSPS) is 12.4. The Kier molecular flexibility index (Phi) is 3.34. The number of nitrogens with one attached hydrogen (secondary N) is 2. The highest BCUT2D eigenvalue weighted by atomic mass is 19.1. The number of hydrogen-bond acceptors (Lipinski definition) is 4. The first-order valence-electron chi connectivity index (χ1n) is 5.12. The second-order valence-corrected chi connectivity index (χ2v) is 3.48. The molecule has 0 saturated heterocycles. The van der Waals surface area contributed by atoms with Crippen molar-refractivity contribution in [2.45, 2.75) is 6.04 Å². The summed E-state index contributed by atoms with van der Waals surface area (Å²) in [5.41, 5.74) is 0.673. The van der Waals surface area contributed by atoms with E-state index in [1.54, 1.807) is 20.2 Å². The second kappa shape index (κ2) is 4.92. The lowest BCUT2D eigenvalue weighted by atomic mass is 10.1. The molecule has 0 aliphatic rings. The predicted octanol–water partition coefficient (Wildman–Crippen LogP) is 1.26. The van der Waals surface area contributed by atoms with Crippen molar-refractivity contribution < 1.29 is 9.13 Å². The van der Waals surface area contributed by atoms with Crippen LogP contribution >= 0.6 is 0 Å². The molecule has 0 fully saturated rings. The highest BCUT2D eigenvalue weighted by Crippen LogP contribution is 2.28. The number of aromatic nitrogens is 3. The van der Waals surface area contributed by atoms with Gasteiger partial charge < -0.3 is 10.1 Å². The first-order chi connectivity index (χ1) is 8.26. The van der Waals surface area contributed by atoms with Crippen LogP contribution < -0.4 is 10.1 Å². The highest BCUT2D eigenvalue weighted by molar-refractivity contribution is 5.39. The van der Waals surface area contributed by atoms with E-state index in [0.717, 1.165) is 0 Å². The molecule has 1 aromatic carbocycles. The van der Waals surface area contributed by atoms with Gasteiger partial charge in [-0.2, -0.15) is 5.10 Å². The highest BCUT2D eigenvalue weighted by Gasteiger charge is 2.19. The Labute approximate surface area is 98.0 Å². The summed E-state index contributed by atoms with van der Waals surface area (Å²) in [5, 5.41) is 9.58. The van der Waals surface area contributed by atoms with Crippen LogP contribution in [0.5, 0.6) is 5.75 Å². The number of nitrogens with zero attached hydrogens (tertiary/aromatic N) is 2. The van der Waals surface area contributed by atoms with Crippen LogP contribution in [-0.4, -0.2) is 29.3 Å². The number of hydrogen-bond donors (Lipinski definition) is 2. The minimum absolute atomic E-state index is 0.289. The van der Waals surface area contributed by atoms with Crippen LogP contribution in [-0.2, 0) is 0 Å². The van der Waals surface area contributed by atoms with Crippen molar-refractivity contribution in [3.63, 3.8) is 0 Å². The average Bonchev–Trinajstić information content (AvgIpc) is 2.84. The van der Waals surface area contributed by atoms with Gasteiger partial charge in [-0.05, 0) is 25.2 Å². The lowest BCUT2D eigenvalue weighted by molar-refractivity contribution is 0.403. The standard InChI is InChI=1S/C11H13FN4O/c1-13-10(11-14-6-15-16-11)8-5-7(12)3-4-9(8)17-2/h3-6,10,13H,1-2H3,(H,14,15,16). The molecule has 17 heavy (non-hydrogen) atoms. The largest absolute Gasteiger partial charge is 0.496 e. The zero-order valence-corrected chi connectivity index (χ0v) is 9.57. The van der Waals surface area contributed by atoms with E-state index in [9.17, 15) is 4.39 Å². The summed E-state index contributed by atoms with van der Waals surface area (Å²) in [5.74, 6) is 0.888. The number of H-pyrrole nitrogens is 1. The molecule has 0 bridgehead atoms. The van der Waals surface area contributed by atoms with Gasteiger partial charge in [0.15, 0.2) is 0 Å². The smallest absolute Gasteiger partial charge is 0.146 e. The van der Waals surface area contributed by atoms with Gasteiger partial charge in [0.05, 0.1) is 13.2 Å². The Morgan fingerprint density at radius 3 is 2.88 bits per heavy atom. The molecule has 0 amide bonds. The van der Waals surface area contributed by atoms with E-state index in [0.29, 0.717) is 17.1 Å². The second-order valence-electron chi connectivity index (χ2n) is 3.48. The van der Waals surface area contributed by atoms with Crippen LogP contribution in [0.3, 0.4) is 0 Å². The van der Waals surface area contributed by atoms with E-state index in [4.69, 9.17) is 4.74 Å². The van der Waals surface area contributed by atoms with E-state index in [1.165, 1.54) is 18.5 Å². The summed E-state index contributed by atoms with van der Waals surface area (Å²) < 4.78 is 18.5. The van der Waals surface area contributed by atoms with E-state index < -0.39 is 0 Å². The summed E-state index contributed by atoms with van der Waals surface area (Å²) in [4.78, 5) is 4.06. The monoisotopic (exact) mass is 236 g/mol. The number of ether oxygens (including phenoxy) is 1. The number of rotatable bonds is 4. The summed E-state index contributed by atoms with van der Waals surface area (Å²) >= 11 is 0. The lowest BCUT2D eigenvalue weighted by Gasteiger charge is -2.17. The molecule has 2 N–H and O–H groups in total. The van der Waals surface area contributed by atoms with Crippen molar-refractivity contribution in [3.05, 3.63) is 41.7 Å². The zero-order valence-electron chi connectivity index (χ0n) is 9.57. The third-order valence-electron chi connectivity index (χ3n) is 2.50. The number of methoxy groups -OCH3 is 1. The maximum Gasteiger partial charge on any atom is 0.146 e. The van der Waals surface area contributed by atoms with Gasteiger partial charge in [-0.3, -0.25) is 5.10 Å². The van der Waals surface area contributed by atoms with E-state index >= 15 is 0 Å². The van der Waals surface area contributed by atoms with Crippen molar-refractivity contribution in [3.8, 4) is 5.75 Å². The van der Waals surface area contributed by atoms with Crippen LogP contribution in [0, 0.1) is 5.82 Å². The quantitative estimate of drug-likeness (QED) is 0.839. The number of benzene rings is 1. The molecule has 1 heterocycles. The fraction of sp³-hybridized carbons (Fsp3) is 0.273. The summed E-state index contributed by atoms with van der Waals surface area (Å²) in [7, 11) is 3.31. The molecule has 2 rings (SSSR count). The Morgan fingerprint density at radius 1 is 1.47 bits per heavy atom. The molecule has 1 aromatic heterocycles. The van der Waals surface area contributed by atoms with Crippen LogP contribution in [0.2, 0.25) is 0 Å². The Hall–Kier alpha value is -1.95. The molecule has 6 heteroatoms. The third-order valence-corrected chi connectivity index (χ3v) is 2.50. The van der Waals surface area contributed by atoms with E-state index in [-0.39, 0.29) is 11.9 Å². The summed E-state index contributed by atoms with van der Waals surface area (Å²) in [6, 6.07) is 4.08. The number of halogens is 1. The van der Waals surface area contributed by atoms with Crippen molar-refractivity contribution in [2.24, 2.45) is 0 Å². The maximum atomic E-state index is 13.3. The topological polar surface area (TPSA) is 62.8 Å². The fourth-order valence-electron chi connectivity index (χ4n) is 1.72. The fourth-order valence-corrected chi connectivity index (χ4v) is 1.72. The Morgan fingerprint density at radius 2 is 2.29 bits per heavy atom. The van der Waals surface area contributed by atoms with Gasteiger partial charge in [-0.15, -0.1) is 0 Å². The predicted molar refractivity (Wildman–Crippen MR) is 60.2 cm³/mol. The van der Waals surface area contributed by atoms with Crippen molar-refractivity contribution >= 4 is 0 Å². The lowest BCUT2D eigenvalue weighted by Crippen LogP contribution is -2.20. The molecule has 90 valence electrons. The maximum absolute atomic E-state index is 13.3. The molecule has 0 spiro atoms. The zero-order chi connectivity index (χ0) is 12.3. The molecule has 0 saturated carbocycles. The van der Waals surface area contributed by atoms with Crippen molar-refractivity contribution in [1.29, 1.82) is 0 Å². The van der Waals surface area contributed by atoms with Gasteiger partial charge in [-0.1, -0.05) is 0 Å². The molecule has 1 atom stereocenters. The molecule has 0 radical (unpaired) electrons. The molecule has 5 nitrogen and oxygen atoms in total. The SMILES string of the molecule is CNC(c1ncn[nH]1)c1cc(F)ccc1OC. The van der Waals surface area contributed by atoms with Gasteiger partial charge in [-0.25, -0.2) is 9.37 Å². The van der Waals surface area contributed by atoms with E-state index in [1.807, 2.05) is 0 Å². The molecule has 0 aliphatic heterocycles. The van der Waals surface area contributed by atoms with Gasteiger partial charge in [0.2, 0.25) is 0 Å². The first kappa shape index (κ1) is 11.5. The molecular formula is C11H13FN4O. The minimum Gasteiger partial charge on any atom is -0.496 e. The van der Waals surface area contributed by atoms with E-state index in [2.05, 4.69) is 20.5 Å². The van der Waals surface area contributed by atoms with Crippen LogP contribution in [0.15, 0.2) is 24.5 Å². The molecule has 2 aromatic rings. The Bertz CT molecular complexity index is 486. The van der Waals surface area contributed by atoms with Gasteiger partial charge in [0.1, 0.15) is 23.7 Å². The van der Waals surface area contributed by atoms with Gasteiger partial charge in [0.25, 0.3) is 0 Å².